The fourth-order valence-corrected chi connectivity index (χ4v) is 2.70. The Morgan fingerprint density at radius 2 is 1.89 bits per heavy atom. The first kappa shape index (κ1) is 15.2. The van der Waals surface area contributed by atoms with Crippen molar-refractivity contribution in [2.75, 3.05) is 18.1 Å². The van der Waals surface area contributed by atoms with Crippen LogP contribution in [0.15, 0.2) is 30.3 Å². The van der Waals surface area contributed by atoms with Crippen molar-refractivity contribution >= 4 is 9.84 Å². The molecule has 0 radical (unpaired) electrons. The molecule has 1 N–H and O–H groups in total. The third-order valence-electron chi connectivity index (χ3n) is 2.95. The average molecular weight is 269 g/mol. The Morgan fingerprint density at radius 1 is 1.22 bits per heavy atom. The van der Waals surface area contributed by atoms with E-state index < -0.39 is 9.84 Å². The zero-order chi connectivity index (χ0) is 13.4. The van der Waals surface area contributed by atoms with Crippen LogP contribution in [0.4, 0.5) is 0 Å². The minimum absolute atomic E-state index is 0.243. The van der Waals surface area contributed by atoms with E-state index in [4.69, 9.17) is 0 Å². The zero-order valence-corrected chi connectivity index (χ0v) is 12.0. The third kappa shape index (κ3) is 6.17. The number of hydrogen-bond donors (Lipinski definition) is 1. The fourth-order valence-electron chi connectivity index (χ4n) is 1.82. The molecule has 0 bridgehead atoms. The first-order valence-electron chi connectivity index (χ1n) is 6.51. The number of nitrogens with one attached hydrogen (secondary N) is 1. The molecule has 0 amide bonds. The summed E-state index contributed by atoms with van der Waals surface area (Å²) in [6.07, 6.45) is 1.66. The minimum atomic E-state index is -2.82. The normalized spacial score (nSPS) is 13.4. The molecule has 1 aromatic carbocycles. The smallest absolute Gasteiger partial charge is 0.150 e. The third-order valence-corrected chi connectivity index (χ3v) is 4.74. The second kappa shape index (κ2) is 7.54. The van der Waals surface area contributed by atoms with E-state index in [1.807, 2.05) is 18.2 Å². The van der Waals surface area contributed by atoms with Gasteiger partial charge in [-0.25, -0.2) is 8.42 Å². The summed E-state index contributed by atoms with van der Waals surface area (Å²) in [6, 6.07) is 10.7. The summed E-state index contributed by atoms with van der Waals surface area (Å²) in [6.45, 7) is 4.58. The molecule has 3 nitrogen and oxygen atoms in total. The quantitative estimate of drug-likeness (QED) is 0.735. The standard InChI is InChI=1S/C14H23NO2S/c1-3-18(16,17)11-7-10-15-13(2)12-14-8-5-4-6-9-14/h4-6,8-9,13,15H,3,7,10-12H2,1-2H3. The lowest BCUT2D eigenvalue weighted by Crippen LogP contribution is -2.30. The van der Waals surface area contributed by atoms with E-state index in [2.05, 4.69) is 24.4 Å². The molecule has 1 unspecified atom stereocenters. The number of sulfone groups is 1. The highest BCUT2D eigenvalue weighted by Crippen LogP contribution is 2.02. The molecular formula is C14H23NO2S. The summed E-state index contributed by atoms with van der Waals surface area (Å²) < 4.78 is 22.6. The SMILES string of the molecule is CCS(=O)(=O)CCCNC(C)Cc1ccccc1. The zero-order valence-electron chi connectivity index (χ0n) is 11.2. The lowest BCUT2D eigenvalue weighted by Gasteiger charge is -2.13. The number of benzene rings is 1. The van der Waals surface area contributed by atoms with Crippen LogP contribution < -0.4 is 5.32 Å². The highest BCUT2D eigenvalue weighted by atomic mass is 32.2. The number of hydrogen-bond acceptors (Lipinski definition) is 3. The van der Waals surface area contributed by atoms with Gasteiger partial charge in [0.15, 0.2) is 0 Å². The molecule has 18 heavy (non-hydrogen) atoms. The van der Waals surface area contributed by atoms with E-state index >= 15 is 0 Å². The van der Waals surface area contributed by atoms with E-state index in [-0.39, 0.29) is 11.5 Å². The highest BCUT2D eigenvalue weighted by Gasteiger charge is 2.07. The molecular weight excluding hydrogens is 246 g/mol. The van der Waals surface area contributed by atoms with Gasteiger partial charge in [0.25, 0.3) is 0 Å². The van der Waals surface area contributed by atoms with Crippen LogP contribution in [0.5, 0.6) is 0 Å². The molecule has 0 aliphatic rings. The first-order valence-corrected chi connectivity index (χ1v) is 8.33. The summed E-state index contributed by atoms with van der Waals surface area (Å²) in [5.74, 6) is 0.529. The average Bonchev–Trinajstić information content (AvgIpc) is 2.36. The van der Waals surface area contributed by atoms with Crippen LogP contribution in [0, 0.1) is 0 Å². The van der Waals surface area contributed by atoms with Crippen molar-refractivity contribution in [3.8, 4) is 0 Å². The molecule has 0 spiro atoms. The van der Waals surface area contributed by atoms with Gasteiger partial charge in [-0.2, -0.15) is 0 Å². The van der Waals surface area contributed by atoms with Crippen LogP contribution in [-0.4, -0.2) is 32.5 Å². The fraction of sp³-hybridized carbons (Fsp3) is 0.571. The van der Waals surface area contributed by atoms with E-state index in [9.17, 15) is 8.42 Å². The van der Waals surface area contributed by atoms with Crippen LogP contribution in [0.1, 0.15) is 25.8 Å². The minimum Gasteiger partial charge on any atom is -0.314 e. The van der Waals surface area contributed by atoms with Crippen molar-refractivity contribution in [3.05, 3.63) is 35.9 Å². The molecule has 0 aliphatic carbocycles. The lowest BCUT2D eigenvalue weighted by atomic mass is 10.1. The summed E-state index contributed by atoms with van der Waals surface area (Å²) >= 11 is 0. The van der Waals surface area contributed by atoms with E-state index in [1.165, 1.54) is 5.56 Å². The Balaban J connectivity index is 2.20. The Labute approximate surface area is 111 Å². The molecule has 0 aliphatic heterocycles. The summed E-state index contributed by atoms with van der Waals surface area (Å²) in [7, 11) is -2.82. The molecule has 1 atom stereocenters. The largest absolute Gasteiger partial charge is 0.314 e. The van der Waals surface area contributed by atoms with Crippen LogP contribution in [-0.2, 0) is 16.3 Å². The molecule has 102 valence electrons. The molecule has 4 heteroatoms. The Kier molecular flexibility index (Phi) is 6.36. The summed E-state index contributed by atoms with van der Waals surface area (Å²) in [5.41, 5.74) is 1.30. The van der Waals surface area contributed by atoms with Crippen molar-refractivity contribution < 1.29 is 8.42 Å². The van der Waals surface area contributed by atoms with E-state index in [0.29, 0.717) is 12.5 Å². The maximum Gasteiger partial charge on any atom is 0.150 e. The van der Waals surface area contributed by atoms with Gasteiger partial charge in [-0.1, -0.05) is 37.3 Å². The van der Waals surface area contributed by atoms with Crippen molar-refractivity contribution in [1.82, 2.24) is 5.32 Å². The van der Waals surface area contributed by atoms with E-state index in [1.54, 1.807) is 6.92 Å². The highest BCUT2D eigenvalue weighted by molar-refractivity contribution is 7.91. The molecule has 0 heterocycles. The predicted molar refractivity (Wildman–Crippen MR) is 76.6 cm³/mol. The molecule has 0 saturated heterocycles. The molecule has 0 aromatic heterocycles. The summed E-state index contributed by atoms with van der Waals surface area (Å²) in [4.78, 5) is 0. The van der Waals surface area contributed by atoms with Crippen LogP contribution in [0.25, 0.3) is 0 Å². The second-order valence-electron chi connectivity index (χ2n) is 4.63. The first-order chi connectivity index (χ1) is 8.53. The van der Waals surface area contributed by atoms with Gasteiger partial charge in [-0.05, 0) is 31.9 Å². The maximum atomic E-state index is 11.3. The van der Waals surface area contributed by atoms with Gasteiger partial charge in [-0.15, -0.1) is 0 Å². The van der Waals surface area contributed by atoms with Gasteiger partial charge in [0.05, 0.1) is 5.75 Å². The van der Waals surface area contributed by atoms with Crippen LogP contribution in [0.3, 0.4) is 0 Å². The molecule has 1 aromatic rings. The maximum absolute atomic E-state index is 11.3. The number of rotatable bonds is 8. The van der Waals surface area contributed by atoms with Crippen molar-refractivity contribution in [1.29, 1.82) is 0 Å². The second-order valence-corrected chi connectivity index (χ2v) is 7.11. The monoisotopic (exact) mass is 269 g/mol. The lowest BCUT2D eigenvalue weighted by molar-refractivity contribution is 0.539. The van der Waals surface area contributed by atoms with Crippen molar-refractivity contribution in [3.63, 3.8) is 0 Å². The van der Waals surface area contributed by atoms with Gasteiger partial charge in [0.2, 0.25) is 0 Å². The molecule has 0 fully saturated rings. The Bertz CT molecular complexity index is 428. The topological polar surface area (TPSA) is 46.2 Å². The van der Waals surface area contributed by atoms with E-state index in [0.717, 1.165) is 13.0 Å². The van der Waals surface area contributed by atoms with Gasteiger partial charge < -0.3 is 5.32 Å². The Morgan fingerprint density at radius 3 is 2.50 bits per heavy atom. The van der Waals surface area contributed by atoms with Gasteiger partial charge in [-0.3, -0.25) is 0 Å². The van der Waals surface area contributed by atoms with Crippen molar-refractivity contribution in [2.45, 2.75) is 32.7 Å². The predicted octanol–water partition coefficient (Wildman–Crippen LogP) is 2.03. The van der Waals surface area contributed by atoms with Gasteiger partial charge in [0.1, 0.15) is 9.84 Å². The van der Waals surface area contributed by atoms with Gasteiger partial charge >= 0.3 is 0 Å². The van der Waals surface area contributed by atoms with Crippen LogP contribution in [0.2, 0.25) is 0 Å². The van der Waals surface area contributed by atoms with Gasteiger partial charge in [0, 0.05) is 11.8 Å². The Hall–Kier alpha value is -0.870. The summed E-state index contributed by atoms with van der Waals surface area (Å²) in [5, 5.41) is 3.36. The molecule has 1 rings (SSSR count). The molecule has 0 saturated carbocycles. The van der Waals surface area contributed by atoms with Crippen molar-refractivity contribution in [2.24, 2.45) is 0 Å². The van der Waals surface area contributed by atoms with Crippen LogP contribution >= 0.6 is 0 Å².